The minimum Gasteiger partial charge on any atom is -0.507 e. The van der Waals surface area contributed by atoms with Crippen LogP contribution in [0.1, 0.15) is 42.3 Å². The maximum Gasteiger partial charge on any atom is 0.255 e. The first kappa shape index (κ1) is 23.9. The molecule has 3 aromatic carbocycles. The molecule has 0 aliphatic carbocycles. The molecule has 35 heavy (non-hydrogen) atoms. The van der Waals surface area contributed by atoms with Crippen molar-refractivity contribution in [1.82, 2.24) is 5.32 Å². The standard InChI is InChI=1S/C28H24N4O2S/c1-18-16-32(23-9-8-19-10-21(14-29)22(15-30)11-20(19)12-23)26(35-18)13-28(2,3)17-31-27(34)24-6-4-5-7-25(24)33/h4-13,16,33H,17H2,1-3H3,(H,31,34). The van der Waals surface area contributed by atoms with Gasteiger partial charge < -0.3 is 15.3 Å². The van der Waals surface area contributed by atoms with E-state index in [4.69, 9.17) is 0 Å². The highest BCUT2D eigenvalue weighted by Crippen LogP contribution is 2.42. The van der Waals surface area contributed by atoms with Crippen molar-refractivity contribution in [3.8, 4) is 17.9 Å². The molecule has 174 valence electrons. The van der Waals surface area contributed by atoms with Gasteiger partial charge in [0.15, 0.2) is 0 Å². The fourth-order valence-electron chi connectivity index (χ4n) is 3.86. The monoisotopic (exact) mass is 480 g/mol. The zero-order valence-electron chi connectivity index (χ0n) is 19.7. The Hall–Kier alpha value is -4.20. The highest BCUT2D eigenvalue weighted by atomic mass is 32.2. The van der Waals surface area contributed by atoms with Crippen molar-refractivity contribution < 1.29 is 9.90 Å². The number of benzene rings is 3. The number of fused-ring (bicyclic) bond motifs is 1. The Kier molecular flexibility index (Phi) is 6.55. The number of allylic oxidation sites excluding steroid dienone is 1. The number of anilines is 1. The van der Waals surface area contributed by atoms with Gasteiger partial charge in [0.25, 0.3) is 5.91 Å². The van der Waals surface area contributed by atoms with Gasteiger partial charge in [-0.25, -0.2) is 0 Å². The molecule has 4 rings (SSSR count). The first-order chi connectivity index (χ1) is 16.7. The predicted molar refractivity (Wildman–Crippen MR) is 140 cm³/mol. The lowest BCUT2D eigenvalue weighted by molar-refractivity contribution is 0.0940. The Balaban J connectivity index is 1.59. The number of rotatable bonds is 5. The second kappa shape index (κ2) is 9.58. The number of hydrogen-bond acceptors (Lipinski definition) is 6. The van der Waals surface area contributed by atoms with Crippen LogP contribution in [0, 0.1) is 28.1 Å². The van der Waals surface area contributed by atoms with Gasteiger partial charge in [0.1, 0.15) is 17.9 Å². The van der Waals surface area contributed by atoms with E-state index in [0.717, 1.165) is 26.4 Å². The molecule has 0 saturated heterocycles. The lowest BCUT2D eigenvalue weighted by Crippen LogP contribution is -2.33. The van der Waals surface area contributed by atoms with Crippen molar-refractivity contribution in [2.45, 2.75) is 20.8 Å². The molecule has 1 aliphatic heterocycles. The summed E-state index contributed by atoms with van der Waals surface area (Å²) in [6, 6.07) is 20.1. The number of para-hydroxylation sites is 1. The molecule has 0 fully saturated rings. The van der Waals surface area contributed by atoms with Gasteiger partial charge in [-0.1, -0.05) is 43.8 Å². The molecule has 0 spiro atoms. The minimum atomic E-state index is -0.369. The second-order valence-corrected chi connectivity index (χ2v) is 10.3. The van der Waals surface area contributed by atoms with Crippen LogP contribution < -0.4 is 10.2 Å². The third-order valence-electron chi connectivity index (χ3n) is 5.66. The van der Waals surface area contributed by atoms with Crippen molar-refractivity contribution in [2.24, 2.45) is 5.41 Å². The second-order valence-electron chi connectivity index (χ2n) is 9.04. The van der Waals surface area contributed by atoms with Crippen LogP contribution in [-0.2, 0) is 0 Å². The summed E-state index contributed by atoms with van der Waals surface area (Å²) in [6.45, 7) is 6.51. The van der Waals surface area contributed by atoms with Crippen LogP contribution in [0.2, 0.25) is 0 Å². The predicted octanol–water partition coefficient (Wildman–Crippen LogP) is 6.00. The summed E-state index contributed by atoms with van der Waals surface area (Å²) in [5, 5.41) is 34.4. The molecule has 0 radical (unpaired) electrons. The molecule has 0 saturated carbocycles. The minimum absolute atomic E-state index is 0.0451. The molecule has 7 heteroatoms. The summed E-state index contributed by atoms with van der Waals surface area (Å²) in [5.74, 6) is -0.365. The summed E-state index contributed by atoms with van der Waals surface area (Å²) in [5.41, 5.74) is 1.55. The summed E-state index contributed by atoms with van der Waals surface area (Å²) >= 11 is 1.65. The lowest BCUT2D eigenvalue weighted by Gasteiger charge is -2.25. The number of nitriles is 2. The molecule has 1 heterocycles. The van der Waals surface area contributed by atoms with E-state index in [1.807, 2.05) is 39.0 Å². The van der Waals surface area contributed by atoms with Gasteiger partial charge in [0.05, 0.1) is 21.7 Å². The van der Waals surface area contributed by atoms with Crippen molar-refractivity contribution in [2.75, 3.05) is 11.4 Å². The third kappa shape index (κ3) is 5.16. The molecule has 1 amide bonds. The van der Waals surface area contributed by atoms with E-state index in [-0.39, 0.29) is 22.6 Å². The highest BCUT2D eigenvalue weighted by molar-refractivity contribution is 8.07. The number of amides is 1. The molecule has 0 atom stereocenters. The van der Waals surface area contributed by atoms with Crippen LogP contribution in [0.4, 0.5) is 5.69 Å². The topological polar surface area (TPSA) is 100 Å². The van der Waals surface area contributed by atoms with Gasteiger partial charge in [-0.3, -0.25) is 4.79 Å². The zero-order valence-corrected chi connectivity index (χ0v) is 20.5. The van der Waals surface area contributed by atoms with Gasteiger partial charge in [-0.15, -0.1) is 0 Å². The van der Waals surface area contributed by atoms with Crippen molar-refractivity contribution >= 4 is 34.1 Å². The van der Waals surface area contributed by atoms with Crippen molar-refractivity contribution in [1.29, 1.82) is 10.5 Å². The van der Waals surface area contributed by atoms with Crippen LogP contribution in [0.25, 0.3) is 10.8 Å². The van der Waals surface area contributed by atoms with Crippen LogP contribution in [-0.4, -0.2) is 17.6 Å². The smallest absolute Gasteiger partial charge is 0.255 e. The highest BCUT2D eigenvalue weighted by Gasteiger charge is 2.25. The molecule has 3 aromatic rings. The van der Waals surface area contributed by atoms with Crippen LogP contribution in [0.3, 0.4) is 0 Å². The molecule has 0 aromatic heterocycles. The van der Waals surface area contributed by atoms with E-state index < -0.39 is 0 Å². The number of carbonyl (C=O) groups is 1. The molecule has 2 N–H and O–H groups in total. The molecule has 1 aliphatic rings. The number of nitrogens with zero attached hydrogens (tertiary/aromatic N) is 3. The summed E-state index contributed by atoms with van der Waals surface area (Å²) in [7, 11) is 0. The van der Waals surface area contributed by atoms with Gasteiger partial charge >= 0.3 is 0 Å². The number of phenolic OH excluding ortho intramolecular Hbond substituents is 1. The molecule has 0 bridgehead atoms. The van der Waals surface area contributed by atoms with Crippen molar-refractivity contribution in [3.05, 3.63) is 93.5 Å². The summed E-state index contributed by atoms with van der Waals surface area (Å²) in [4.78, 5) is 15.8. The number of thioether (sulfide) groups is 1. The van der Waals surface area contributed by atoms with Gasteiger partial charge in [0, 0.05) is 28.8 Å². The first-order valence-corrected chi connectivity index (χ1v) is 11.8. The van der Waals surface area contributed by atoms with Crippen LogP contribution in [0.15, 0.2) is 76.8 Å². The van der Waals surface area contributed by atoms with E-state index in [0.29, 0.717) is 17.7 Å². The molecular formula is C28H24N4O2S. The molecule has 0 unspecified atom stereocenters. The average Bonchev–Trinajstić information content (AvgIpc) is 3.20. The number of phenols is 1. The Labute approximate surface area is 208 Å². The maximum atomic E-state index is 12.5. The van der Waals surface area contributed by atoms with Gasteiger partial charge in [-0.05, 0) is 60.2 Å². The van der Waals surface area contributed by atoms with Crippen molar-refractivity contribution in [3.63, 3.8) is 0 Å². The number of nitrogens with one attached hydrogen (secondary N) is 1. The van der Waals surface area contributed by atoms with E-state index in [1.54, 1.807) is 42.1 Å². The maximum absolute atomic E-state index is 12.5. The molecule has 6 nitrogen and oxygen atoms in total. The number of aromatic hydroxyl groups is 1. The fraction of sp³-hybridized carbons (Fsp3) is 0.179. The van der Waals surface area contributed by atoms with E-state index in [1.165, 1.54) is 6.07 Å². The lowest BCUT2D eigenvalue weighted by atomic mass is 9.93. The third-order valence-corrected chi connectivity index (χ3v) is 6.61. The Bertz CT molecular complexity index is 1470. The Morgan fingerprint density at radius 1 is 1.09 bits per heavy atom. The number of carbonyl (C=O) groups excluding carboxylic acids is 1. The summed E-state index contributed by atoms with van der Waals surface area (Å²) in [6.07, 6.45) is 4.18. The average molecular weight is 481 g/mol. The van der Waals surface area contributed by atoms with Crippen LogP contribution in [0.5, 0.6) is 5.75 Å². The quantitative estimate of drug-likeness (QED) is 0.464. The number of hydrogen-bond donors (Lipinski definition) is 2. The van der Waals surface area contributed by atoms with E-state index in [9.17, 15) is 20.4 Å². The largest absolute Gasteiger partial charge is 0.507 e. The van der Waals surface area contributed by atoms with Gasteiger partial charge in [-0.2, -0.15) is 10.5 Å². The Morgan fingerprint density at radius 3 is 2.46 bits per heavy atom. The Morgan fingerprint density at radius 2 is 1.77 bits per heavy atom. The normalized spacial score (nSPS) is 14.5. The van der Waals surface area contributed by atoms with E-state index >= 15 is 0 Å². The fourth-order valence-corrected chi connectivity index (χ4v) is 4.98. The zero-order chi connectivity index (χ0) is 25.2. The molecular weight excluding hydrogens is 456 g/mol. The summed E-state index contributed by atoms with van der Waals surface area (Å²) < 4.78 is 0. The van der Waals surface area contributed by atoms with Gasteiger partial charge in [0.2, 0.25) is 0 Å². The first-order valence-electron chi connectivity index (χ1n) is 11.0. The van der Waals surface area contributed by atoms with Crippen LogP contribution >= 0.6 is 11.8 Å². The van der Waals surface area contributed by atoms with E-state index in [2.05, 4.69) is 34.6 Å². The SMILES string of the molecule is CC1=CN(c2ccc3cc(C#N)c(C#N)cc3c2)C(=CC(C)(C)CNC(=O)c2ccccc2O)S1.